The van der Waals surface area contributed by atoms with Crippen LogP contribution in [0.25, 0.3) is 10.9 Å². The first-order valence-corrected chi connectivity index (χ1v) is 8.55. The third-order valence-corrected chi connectivity index (χ3v) is 3.51. The van der Waals surface area contributed by atoms with Crippen LogP contribution in [0.1, 0.15) is 13.8 Å². The number of aliphatic hydroxyl groups excluding tert-OH is 1. The molecule has 0 atom stereocenters. The van der Waals surface area contributed by atoms with Crippen molar-refractivity contribution in [3.8, 4) is 23.0 Å². The number of benzene rings is 2. The molecule has 0 aliphatic heterocycles. The zero-order valence-corrected chi connectivity index (χ0v) is 15.5. The van der Waals surface area contributed by atoms with Gasteiger partial charge in [0.25, 0.3) is 0 Å². The van der Waals surface area contributed by atoms with E-state index >= 15 is 0 Å². The normalized spacial score (nSPS) is 10.1. The third kappa shape index (κ3) is 4.77. The van der Waals surface area contributed by atoms with Crippen molar-refractivity contribution in [1.29, 1.82) is 0 Å². The number of aromatic nitrogens is 1. The Kier molecular flexibility index (Phi) is 7.19. The lowest BCUT2D eigenvalue weighted by Gasteiger charge is -2.13. The summed E-state index contributed by atoms with van der Waals surface area (Å²) in [6.45, 7) is 4.02. The van der Waals surface area contributed by atoms with Crippen LogP contribution in [0.3, 0.4) is 0 Å². The van der Waals surface area contributed by atoms with Gasteiger partial charge in [-0.1, -0.05) is 13.8 Å². The maximum absolute atomic E-state index is 14.0. The van der Waals surface area contributed by atoms with E-state index in [0.29, 0.717) is 33.8 Å². The second-order valence-electron chi connectivity index (χ2n) is 5.19. The van der Waals surface area contributed by atoms with Crippen LogP contribution in [0.4, 0.5) is 10.1 Å². The zero-order valence-electron chi connectivity index (χ0n) is 15.5. The highest BCUT2D eigenvalue weighted by molar-refractivity contribution is 5.88. The first-order chi connectivity index (χ1) is 13.1. The van der Waals surface area contributed by atoms with Crippen LogP contribution >= 0.6 is 0 Å². The van der Waals surface area contributed by atoms with Crippen LogP contribution in [0.5, 0.6) is 23.0 Å². The number of aliphatic hydroxyl groups is 1. The molecule has 3 N–H and O–H groups in total. The molecule has 27 heavy (non-hydrogen) atoms. The van der Waals surface area contributed by atoms with Gasteiger partial charge in [-0.2, -0.15) is 0 Å². The van der Waals surface area contributed by atoms with E-state index in [1.807, 2.05) is 13.8 Å². The maximum Gasteiger partial charge on any atom is 0.167 e. The minimum absolute atomic E-state index is 0.0567. The molecular formula is C20H23FN2O4. The van der Waals surface area contributed by atoms with E-state index in [-0.39, 0.29) is 19.0 Å². The van der Waals surface area contributed by atoms with Gasteiger partial charge in [0.1, 0.15) is 12.4 Å². The lowest BCUT2D eigenvalue weighted by molar-refractivity contribution is 0.196. The standard InChI is InChI=1S/C18H17FN2O4.C2H6/c1-23-17-9-12-14(10-18(17)24-7-6-22)21-5-4-15(12)25-16-3-2-11(20)8-13(16)19;1-2/h2-5,8-10,22H,6-7,20H2,1H3;1-2H3. The number of hydrogen-bond donors (Lipinski definition) is 2. The van der Waals surface area contributed by atoms with E-state index in [0.717, 1.165) is 0 Å². The van der Waals surface area contributed by atoms with Crippen LogP contribution in [0.15, 0.2) is 42.6 Å². The van der Waals surface area contributed by atoms with Gasteiger partial charge < -0.3 is 25.1 Å². The maximum atomic E-state index is 14.0. The van der Waals surface area contributed by atoms with Crippen molar-refractivity contribution in [2.75, 3.05) is 26.1 Å². The predicted octanol–water partition coefficient (Wildman–Crippen LogP) is 4.15. The molecule has 1 aromatic heterocycles. The number of ether oxygens (including phenoxy) is 3. The number of hydrogen-bond acceptors (Lipinski definition) is 6. The highest BCUT2D eigenvalue weighted by Crippen LogP contribution is 2.37. The van der Waals surface area contributed by atoms with Crippen molar-refractivity contribution in [2.45, 2.75) is 13.8 Å². The molecule has 3 aromatic rings. The minimum atomic E-state index is -0.556. The van der Waals surface area contributed by atoms with Gasteiger partial charge in [-0.3, -0.25) is 4.98 Å². The SMILES string of the molecule is CC.COc1cc2c(Oc3ccc(N)cc3F)ccnc2cc1OCCO. The van der Waals surface area contributed by atoms with Crippen LogP contribution in [-0.4, -0.2) is 30.4 Å². The molecule has 0 bridgehead atoms. The lowest BCUT2D eigenvalue weighted by Crippen LogP contribution is -2.03. The van der Waals surface area contributed by atoms with Crippen molar-refractivity contribution in [2.24, 2.45) is 0 Å². The number of rotatable bonds is 6. The van der Waals surface area contributed by atoms with Crippen LogP contribution in [-0.2, 0) is 0 Å². The number of fused-ring (bicyclic) bond motifs is 1. The summed E-state index contributed by atoms with van der Waals surface area (Å²) in [7, 11) is 1.50. The highest BCUT2D eigenvalue weighted by atomic mass is 19.1. The smallest absolute Gasteiger partial charge is 0.167 e. The summed E-state index contributed by atoms with van der Waals surface area (Å²) < 4.78 is 30.4. The molecule has 6 nitrogen and oxygen atoms in total. The molecule has 0 amide bonds. The Hall–Kier alpha value is -3.06. The van der Waals surface area contributed by atoms with Crippen LogP contribution in [0.2, 0.25) is 0 Å². The van der Waals surface area contributed by atoms with Crippen LogP contribution < -0.4 is 19.9 Å². The second kappa shape index (κ2) is 9.59. The molecule has 0 aliphatic carbocycles. The molecule has 2 aromatic carbocycles. The van der Waals surface area contributed by atoms with E-state index in [4.69, 9.17) is 25.1 Å². The summed E-state index contributed by atoms with van der Waals surface area (Å²) in [6.07, 6.45) is 1.55. The molecule has 1 heterocycles. The number of methoxy groups -OCH3 is 1. The van der Waals surface area contributed by atoms with Crippen molar-refractivity contribution >= 4 is 16.6 Å². The van der Waals surface area contributed by atoms with Gasteiger partial charge in [-0.15, -0.1) is 0 Å². The van der Waals surface area contributed by atoms with E-state index in [2.05, 4.69) is 4.98 Å². The Morgan fingerprint density at radius 2 is 1.81 bits per heavy atom. The summed E-state index contributed by atoms with van der Waals surface area (Å²) in [5.74, 6) is 0.825. The van der Waals surface area contributed by atoms with Crippen molar-refractivity contribution < 1.29 is 23.7 Å². The Labute approximate surface area is 157 Å². The Morgan fingerprint density at radius 3 is 2.48 bits per heavy atom. The number of nitrogens with zero attached hydrogens (tertiary/aromatic N) is 1. The van der Waals surface area contributed by atoms with Gasteiger partial charge in [-0.25, -0.2) is 4.39 Å². The molecule has 0 saturated carbocycles. The van der Waals surface area contributed by atoms with Gasteiger partial charge in [0.15, 0.2) is 23.1 Å². The Balaban J connectivity index is 0.00000126. The van der Waals surface area contributed by atoms with Crippen molar-refractivity contribution in [3.63, 3.8) is 0 Å². The summed E-state index contributed by atoms with van der Waals surface area (Å²) in [6, 6.07) is 9.22. The average molecular weight is 374 g/mol. The molecule has 3 rings (SSSR count). The number of pyridine rings is 1. The number of anilines is 1. The zero-order chi connectivity index (χ0) is 19.8. The molecule has 0 unspecified atom stereocenters. The minimum Gasteiger partial charge on any atom is -0.493 e. The fourth-order valence-electron chi connectivity index (χ4n) is 2.36. The number of nitrogen functional groups attached to an aromatic ring is 1. The van der Waals surface area contributed by atoms with Crippen LogP contribution in [0, 0.1) is 5.82 Å². The Bertz CT molecular complexity index is 903. The second-order valence-corrected chi connectivity index (χ2v) is 5.19. The first kappa shape index (κ1) is 20.3. The largest absolute Gasteiger partial charge is 0.493 e. The number of halogens is 1. The molecule has 0 aliphatic rings. The van der Waals surface area contributed by atoms with Gasteiger partial charge in [0, 0.05) is 29.4 Å². The summed E-state index contributed by atoms with van der Waals surface area (Å²) in [5.41, 5.74) is 6.45. The van der Waals surface area contributed by atoms with Crippen molar-refractivity contribution in [1.82, 2.24) is 4.98 Å². The molecule has 0 spiro atoms. The molecule has 0 saturated heterocycles. The fraction of sp³-hybridized carbons (Fsp3) is 0.250. The van der Waals surface area contributed by atoms with Crippen molar-refractivity contribution in [3.05, 3.63) is 48.4 Å². The first-order valence-electron chi connectivity index (χ1n) is 8.55. The lowest BCUT2D eigenvalue weighted by atomic mass is 10.1. The summed E-state index contributed by atoms with van der Waals surface area (Å²) >= 11 is 0. The summed E-state index contributed by atoms with van der Waals surface area (Å²) in [4.78, 5) is 4.27. The number of nitrogens with two attached hydrogens (primary N) is 1. The quantitative estimate of drug-likeness (QED) is 0.630. The molecule has 7 heteroatoms. The molecular weight excluding hydrogens is 351 g/mol. The Morgan fingerprint density at radius 1 is 1.04 bits per heavy atom. The molecule has 0 radical (unpaired) electrons. The van der Waals surface area contributed by atoms with E-state index in [1.54, 1.807) is 30.5 Å². The van der Waals surface area contributed by atoms with Gasteiger partial charge in [-0.05, 0) is 24.3 Å². The van der Waals surface area contributed by atoms with Gasteiger partial charge in [0.05, 0.1) is 19.2 Å². The fourth-order valence-corrected chi connectivity index (χ4v) is 2.36. The monoisotopic (exact) mass is 374 g/mol. The third-order valence-electron chi connectivity index (χ3n) is 3.51. The van der Waals surface area contributed by atoms with E-state index in [9.17, 15) is 4.39 Å². The topological polar surface area (TPSA) is 86.8 Å². The summed E-state index contributed by atoms with van der Waals surface area (Å²) in [5, 5.41) is 9.54. The molecule has 144 valence electrons. The highest BCUT2D eigenvalue weighted by Gasteiger charge is 2.13. The van der Waals surface area contributed by atoms with E-state index in [1.165, 1.54) is 19.2 Å². The van der Waals surface area contributed by atoms with E-state index < -0.39 is 5.82 Å². The van der Waals surface area contributed by atoms with Gasteiger partial charge in [0.2, 0.25) is 0 Å². The van der Waals surface area contributed by atoms with Gasteiger partial charge >= 0.3 is 0 Å². The molecule has 0 fully saturated rings. The average Bonchev–Trinajstić information content (AvgIpc) is 2.69. The predicted molar refractivity (Wildman–Crippen MR) is 103 cm³/mol.